The highest BCUT2D eigenvalue weighted by Gasteiger charge is 2.26. The number of hydrogen-bond acceptors (Lipinski definition) is 3. The smallest absolute Gasteiger partial charge is 0.145 e. The van der Waals surface area contributed by atoms with Gasteiger partial charge >= 0.3 is 0 Å². The zero-order valence-corrected chi connectivity index (χ0v) is 11.3. The molecule has 0 radical (unpaired) electrons. The molecule has 0 amide bonds. The molecule has 2 rings (SSSR count). The predicted molar refractivity (Wildman–Crippen MR) is 70.0 cm³/mol. The average Bonchev–Trinajstić information content (AvgIpc) is 2.20. The molecule has 1 aliphatic heterocycles. The lowest BCUT2D eigenvalue weighted by atomic mass is 9.98. The predicted octanol–water partition coefficient (Wildman–Crippen LogP) is 2.85. The fraction of sp³-hybridized carbons (Fsp3) is 0.636. The third kappa shape index (κ3) is 2.24. The van der Waals surface area contributed by atoms with Crippen molar-refractivity contribution in [3.05, 3.63) is 16.1 Å². The van der Waals surface area contributed by atoms with Crippen LogP contribution < -0.4 is 4.90 Å². The number of hydrogen-bond donors (Lipinski definition) is 0. The number of nitrogens with zero attached hydrogens (tertiary/aromatic N) is 3. The highest BCUT2D eigenvalue weighted by Crippen LogP contribution is 2.29. The van der Waals surface area contributed by atoms with Crippen molar-refractivity contribution in [2.45, 2.75) is 45.2 Å². The Morgan fingerprint density at radius 2 is 2.00 bits per heavy atom. The Morgan fingerprint density at radius 3 is 2.60 bits per heavy atom. The first-order valence-corrected chi connectivity index (χ1v) is 6.52. The van der Waals surface area contributed by atoms with Gasteiger partial charge in [-0.3, -0.25) is 0 Å². The van der Waals surface area contributed by atoms with Gasteiger partial charge in [0.1, 0.15) is 12.1 Å². The van der Waals surface area contributed by atoms with E-state index in [1.54, 1.807) is 6.33 Å². The fourth-order valence-corrected chi connectivity index (χ4v) is 2.91. The van der Waals surface area contributed by atoms with Gasteiger partial charge < -0.3 is 4.90 Å². The SMILES string of the molecule is CC1CCCC(C)N1c1ncncc1I. The summed E-state index contributed by atoms with van der Waals surface area (Å²) < 4.78 is 1.15. The second kappa shape index (κ2) is 4.63. The van der Waals surface area contributed by atoms with Crippen LogP contribution in [-0.2, 0) is 0 Å². The lowest BCUT2D eigenvalue weighted by molar-refractivity contribution is 0.410. The standard InChI is InChI=1S/C11H16IN3/c1-8-4-3-5-9(2)15(8)11-10(12)6-13-7-14-11/h6-9H,3-5H2,1-2H3. The van der Waals surface area contributed by atoms with Crippen LogP contribution in [0.15, 0.2) is 12.5 Å². The Bertz CT molecular complexity index is 332. The van der Waals surface area contributed by atoms with Crippen LogP contribution in [0.25, 0.3) is 0 Å². The molecular weight excluding hydrogens is 301 g/mol. The maximum atomic E-state index is 4.41. The molecule has 1 aliphatic rings. The minimum Gasteiger partial charge on any atom is -0.350 e. The molecule has 0 N–H and O–H groups in total. The Labute approximate surface area is 104 Å². The van der Waals surface area contributed by atoms with Gasteiger partial charge in [-0.25, -0.2) is 9.97 Å². The van der Waals surface area contributed by atoms with E-state index in [0.29, 0.717) is 12.1 Å². The molecule has 0 saturated carbocycles. The lowest BCUT2D eigenvalue weighted by Crippen LogP contribution is -2.44. The van der Waals surface area contributed by atoms with Gasteiger partial charge in [-0.05, 0) is 55.7 Å². The zero-order chi connectivity index (χ0) is 10.8. The van der Waals surface area contributed by atoms with Crippen molar-refractivity contribution in [1.29, 1.82) is 0 Å². The molecule has 2 heterocycles. The van der Waals surface area contributed by atoms with Crippen LogP contribution in [0.3, 0.4) is 0 Å². The molecule has 0 aliphatic carbocycles. The van der Waals surface area contributed by atoms with E-state index in [1.807, 2.05) is 6.20 Å². The van der Waals surface area contributed by atoms with Crippen molar-refractivity contribution >= 4 is 28.4 Å². The van der Waals surface area contributed by atoms with E-state index < -0.39 is 0 Å². The molecule has 82 valence electrons. The highest BCUT2D eigenvalue weighted by molar-refractivity contribution is 14.1. The van der Waals surface area contributed by atoms with Gasteiger partial charge in [-0.2, -0.15) is 0 Å². The second-order valence-corrected chi connectivity index (χ2v) is 5.39. The summed E-state index contributed by atoms with van der Waals surface area (Å²) in [4.78, 5) is 10.9. The number of aromatic nitrogens is 2. The topological polar surface area (TPSA) is 29.0 Å². The van der Waals surface area contributed by atoms with Crippen molar-refractivity contribution in [3.63, 3.8) is 0 Å². The zero-order valence-electron chi connectivity index (χ0n) is 9.15. The second-order valence-electron chi connectivity index (χ2n) is 4.23. The first-order valence-electron chi connectivity index (χ1n) is 5.44. The maximum Gasteiger partial charge on any atom is 0.145 e. The fourth-order valence-electron chi connectivity index (χ4n) is 2.33. The molecule has 2 atom stereocenters. The van der Waals surface area contributed by atoms with Crippen LogP contribution in [-0.4, -0.2) is 22.1 Å². The molecule has 4 heteroatoms. The molecular formula is C11H16IN3. The molecule has 1 saturated heterocycles. The van der Waals surface area contributed by atoms with Gasteiger partial charge in [-0.1, -0.05) is 0 Å². The Morgan fingerprint density at radius 1 is 1.33 bits per heavy atom. The maximum absolute atomic E-state index is 4.41. The molecule has 0 aromatic carbocycles. The quantitative estimate of drug-likeness (QED) is 0.746. The number of halogens is 1. The van der Waals surface area contributed by atoms with Gasteiger partial charge in [0, 0.05) is 18.3 Å². The summed E-state index contributed by atoms with van der Waals surface area (Å²) in [5.41, 5.74) is 0. The highest BCUT2D eigenvalue weighted by atomic mass is 127. The summed E-state index contributed by atoms with van der Waals surface area (Å²) in [7, 11) is 0. The third-order valence-corrected chi connectivity index (χ3v) is 3.85. The van der Waals surface area contributed by atoms with Crippen molar-refractivity contribution in [2.24, 2.45) is 0 Å². The lowest BCUT2D eigenvalue weighted by Gasteiger charge is -2.40. The van der Waals surface area contributed by atoms with Crippen molar-refractivity contribution in [3.8, 4) is 0 Å². The molecule has 2 unspecified atom stereocenters. The molecule has 1 aromatic rings. The van der Waals surface area contributed by atoms with Gasteiger partial charge in [0.25, 0.3) is 0 Å². The van der Waals surface area contributed by atoms with Gasteiger partial charge in [0.05, 0.1) is 3.57 Å². The van der Waals surface area contributed by atoms with Crippen LogP contribution in [0.2, 0.25) is 0 Å². The van der Waals surface area contributed by atoms with E-state index in [-0.39, 0.29) is 0 Å². The van der Waals surface area contributed by atoms with Crippen LogP contribution in [0.4, 0.5) is 5.82 Å². The minimum absolute atomic E-state index is 0.595. The van der Waals surface area contributed by atoms with E-state index in [2.05, 4.69) is 51.3 Å². The van der Waals surface area contributed by atoms with Gasteiger partial charge in [0.2, 0.25) is 0 Å². The van der Waals surface area contributed by atoms with Gasteiger partial charge in [-0.15, -0.1) is 0 Å². The summed E-state index contributed by atoms with van der Waals surface area (Å²) >= 11 is 2.32. The number of anilines is 1. The first-order chi connectivity index (χ1) is 7.20. The Kier molecular flexibility index (Phi) is 3.43. The Balaban J connectivity index is 2.31. The van der Waals surface area contributed by atoms with E-state index in [1.165, 1.54) is 19.3 Å². The first kappa shape index (κ1) is 11.1. The number of piperidine rings is 1. The van der Waals surface area contributed by atoms with Crippen LogP contribution in [0.5, 0.6) is 0 Å². The summed E-state index contributed by atoms with van der Waals surface area (Å²) in [6.07, 6.45) is 7.40. The molecule has 15 heavy (non-hydrogen) atoms. The van der Waals surface area contributed by atoms with Crippen LogP contribution in [0, 0.1) is 3.57 Å². The molecule has 1 fully saturated rings. The molecule has 1 aromatic heterocycles. The van der Waals surface area contributed by atoms with Crippen LogP contribution in [0.1, 0.15) is 33.1 Å². The van der Waals surface area contributed by atoms with Gasteiger partial charge in [0.15, 0.2) is 0 Å². The normalized spacial score (nSPS) is 26.7. The minimum atomic E-state index is 0.595. The summed E-state index contributed by atoms with van der Waals surface area (Å²) in [6.45, 7) is 4.57. The van der Waals surface area contributed by atoms with E-state index in [0.717, 1.165) is 9.39 Å². The summed E-state index contributed by atoms with van der Waals surface area (Å²) in [5, 5.41) is 0. The Hall–Kier alpha value is -0.390. The van der Waals surface area contributed by atoms with E-state index >= 15 is 0 Å². The molecule has 0 spiro atoms. The molecule has 0 bridgehead atoms. The molecule has 3 nitrogen and oxygen atoms in total. The monoisotopic (exact) mass is 317 g/mol. The van der Waals surface area contributed by atoms with E-state index in [4.69, 9.17) is 0 Å². The average molecular weight is 317 g/mol. The third-order valence-electron chi connectivity index (χ3n) is 3.09. The largest absolute Gasteiger partial charge is 0.350 e. The summed E-state index contributed by atoms with van der Waals surface area (Å²) in [6, 6.07) is 1.19. The van der Waals surface area contributed by atoms with Crippen molar-refractivity contribution in [2.75, 3.05) is 4.90 Å². The van der Waals surface area contributed by atoms with Crippen molar-refractivity contribution < 1.29 is 0 Å². The summed E-state index contributed by atoms with van der Waals surface area (Å²) in [5.74, 6) is 1.10. The van der Waals surface area contributed by atoms with E-state index in [9.17, 15) is 0 Å². The van der Waals surface area contributed by atoms with Crippen LogP contribution >= 0.6 is 22.6 Å². The van der Waals surface area contributed by atoms with Crippen molar-refractivity contribution in [1.82, 2.24) is 9.97 Å². The number of rotatable bonds is 1.